The Hall–Kier alpha value is -1.55. The molecular formula is C16H24N2O2. The van der Waals surface area contributed by atoms with Crippen LogP contribution in [0.3, 0.4) is 0 Å². The molecular weight excluding hydrogens is 252 g/mol. The SMILES string of the molecule is CC(C)Oc1ccc(C(C)NC2CCC(=O)NC2)cc1. The number of hydrogen-bond acceptors (Lipinski definition) is 3. The fourth-order valence-corrected chi connectivity index (χ4v) is 2.43. The first-order valence-corrected chi connectivity index (χ1v) is 7.34. The summed E-state index contributed by atoms with van der Waals surface area (Å²) in [6, 6.07) is 8.83. The second-order valence-corrected chi connectivity index (χ2v) is 5.66. The molecule has 2 unspecified atom stereocenters. The van der Waals surface area contributed by atoms with Gasteiger partial charge in [0.25, 0.3) is 0 Å². The molecule has 4 nitrogen and oxygen atoms in total. The van der Waals surface area contributed by atoms with Crippen LogP contribution in [-0.4, -0.2) is 24.6 Å². The lowest BCUT2D eigenvalue weighted by Crippen LogP contribution is -2.46. The van der Waals surface area contributed by atoms with Gasteiger partial charge in [0.1, 0.15) is 5.75 Å². The summed E-state index contributed by atoms with van der Waals surface area (Å²) in [5, 5.41) is 6.46. The van der Waals surface area contributed by atoms with E-state index in [-0.39, 0.29) is 18.1 Å². The van der Waals surface area contributed by atoms with E-state index in [2.05, 4.69) is 29.7 Å². The van der Waals surface area contributed by atoms with E-state index in [1.165, 1.54) is 5.56 Å². The zero-order valence-electron chi connectivity index (χ0n) is 12.5. The first-order chi connectivity index (χ1) is 9.54. The van der Waals surface area contributed by atoms with Crippen LogP contribution in [0.4, 0.5) is 0 Å². The molecule has 0 bridgehead atoms. The van der Waals surface area contributed by atoms with E-state index in [0.717, 1.165) is 18.7 Å². The predicted octanol–water partition coefficient (Wildman–Crippen LogP) is 2.40. The Bertz CT molecular complexity index is 432. The number of carbonyl (C=O) groups excluding carboxylic acids is 1. The van der Waals surface area contributed by atoms with Gasteiger partial charge < -0.3 is 15.4 Å². The minimum absolute atomic E-state index is 0.158. The van der Waals surface area contributed by atoms with Crippen LogP contribution in [0.2, 0.25) is 0 Å². The molecule has 110 valence electrons. The molecule has 1 aromatic rings. The molecule has 2 N–H and O–H groups in total. The second-order valence-electron chi connectivity index (χ2n) is 5.66. The maximum Gasteiger partial charge on any atom is 0.220 e. The van der Waals surface area contributed by atoms with Gasteiger partial charge in [0, 0.05) is 25.0 Å². The maximum absolute atomic E-state index is 11.1. The minimum Gasteiger partial charge on any atom is -0.491 e. The Morgan fingerprint density at radius 1 is 1.25 bits per heavy atom. The van der Waals surface area contributed by atoms with Crippen LogP contribution >= 0.6 is 0 Å². The summed E-state index contributed by atoms with van der Waals surface area (Å²) in [7, 11) is 0. The first kappa shape index (κ1) is 14.9. The van der Waals surface area contributed by atoms with Crippen molar-refractivity contribution in [1.29, 1.82) is 0 Å². The van der Waals surface area contributed by atoms with Crippen LogP contribution in [0.5, 0.6) is 5.75 Å². The molecule has 4 heteroatoms. The van der Waals surface area contributed by atoms with Crippen molar-refractivity contribution in [3.63, 3.8) is 0 Å². The first-order valence-electron chi connectivity index (χ1n) is 7.34. The molecule has 1 heterocycles. The Morgan fingerprint density at radius 2 is 1.95 bits per heavy atom. The second kappa shape index (κ2) is 6.75. The van der Waals surface area contributed by atoms with Gasteiger partial charge in [-0.25, -0.2) is 0 Å². The lowest BCUT2D eigenvalue weighted by Gasteiger charge is -2.27. The third kappa shape index (κ3) is 4.23. The number of rotatable bonds is 5. The highest BCUT2D eigenvalue weighted by Crippen LogP contribution is 2.19. The van der Waals surface area contributed by atoms with Crippen molar-refractivity contribution in [2.24, 2.45) is 0 Å². The number of carbonyl (C=O) groups is 1. The molecule has 0 aromatic heterocycles. The van der Waals surface area contributed by atoms with Crippen LogP contribution in [0.1, 0.15) is 45.2 Å². The fraction of sp³-hybridized carbons (Fsp3) is 0.562. The summed E-state index contributed by atoms with van der Waals surface area (Å²) in [4.78, 5) is 11.1. The molecule has 2 rings (SSSR count). The van der Waals surface area contributed by atoms with E-state index in [9.17, 15) is 4.79 Å². The standard InChI is InChI=1S/C16H24N2O2/c1-11(2)20-15-7-4-13(5-8-15)12(3)18-14-6-9-16(19)17-10-14/h4-5,7-8,11-12,14,18H,6,9-10H2,1-3H3,(H,17,19). The normalized spacial score (nSPS) is 20.6. The highest BCUT2D eigenvalue weighted by Gasteiger charge is 2.19. The zero-order chi connectivity index (χ0) is 14.5. The average Bonchev–Trinajstić information content (AvgIpc) is 2.41. The molecule has 2 atom stereocenters. The minimum atomic E-state index is 0.158. The Balaban J connectivity index is 1.88. The molecule has 1 aliphatic rings. The van der Waals surface area contributed by atoms with Gasteiger partial charge in [0.2, 0.25) is 5.91 Å². The van der Waals surface area contributed by atoms with Crippen LogP contribution in [0.15, 0.2) is 24.3 Å². The van der Waals surface area contributed by atoms with Gasteiger partial charge in [-0.2, -0.15) is 0 Å². The van der Waals surface area contributed by atoms with Crippen molar-refractivity contribution in [1.82, 2.24) is 10.6 Å². The number of hydrogen-bond donors (Lipinski definition) is 2. The molecule has 0 aliphatic carbocycles. The van der Waals surface area contributed by atoms with Gasteiger partial charge in [-0.05, 0) is 44.9 Å². The molecule has 0 saturated carbocycles. The van der Waals surface area contributed by atoms with Gasteiger partial charge in [-0.1, -0.05) is 12.1 Å². The van der Waals surface area contributed by atoms with Crippen LogP contribution in [0.25, 0.3) is 0 Å². The predicted molar refractivity (Wildman–Crippen MR) is 79.8 cm³/mol. The molecule has 1 aromatic carbocycles. The summed E-state index contributed by atoms with van der Waals surface area (Å²) < 4.78 is 5.64. The van der Waals surface area contributed by atoms with E-state index < -0.39 is 0 Å². The van der Waals surface area contributed by atoms with Crippen molar-refractivity contribution < 1.29 is 9.53 Å². The zero-order valence-corrected chi connectivity index (χ0v) is 12.5. The Labute approximate surface area is 120 Å². The van der Waals surface area contributed by atoms with E-state index in [1.54, 1.807) is 0 Å². The molecule has 1 amide bonds. The Morgan fingerprint density at radius 3 is 2.50 bits per heavy atom. The lowest BCUT2D eigenvalue weighted by atomic mass is 10.0. The number of amides is 1. The monoisotopic (exact) mass is 276 g/mol. The average molecular weight is 276 g/mol. The van der Waals surface area contributed by atoms with Crippen molar-refractivity contribution in [2.75, 3.05) is 6.54 Å². The van der Waals surface area contributed by atoms with E-state index in [0.29, 0.717) is 12.5 Å². The van der Waals surface area contributed by atoms with Gasteiger partial charge in [-0.15, -0.1) is 0 Å². The highest BCUT2D eigenvalue weighted by atomic mass is 16.5. The topological polar surface area (TPSA) is 50.4 Å². The summed E-state index contributed by atoms with van der Waals surface area (Å²) in [5.41, 5.74) is 1.23. The maximum atomic E-state index is 11.1. The van der Waals surface area contributed by atoms with Crippen LogP contribution < -0.4 is 15.4 Å². The van der Waals surface area contributed by atoms with Crippen LogP contribution in [0, 0.1) is 0 Å². The van der Waals surface area contributed by atoms with E-state index in [1.807, 2.05) is 26.0 Å². The molecule has 0 spiro atoms. The molecule has 1 saturated heterocycles. The Kier molecular flexibility index (Phi) is 5.01. The van der Waals surface area contributed by atoms with Gasteiger partial charge in [0.05, 0.1) is 6.10 Å². The number of piperidine rings is 1. The molecule has 1 fully saturated rings. The smallest absolute Gasteiger partial charge is 0.220 e. The van der Waals surface area contributed by atoms with Gasteiger partial charge in [0.15, 0.2) is 0 Å². The summed E-state index contributed by atoms with van der Waals surface area (Å²) in [5.74, 6) is 1.06. The molecule has 0 radical (unpaired) electrons. The molecule has 1 aliphatic heterocycles. The largest absolute Gasteiger partial charge is 0.491 e. The van der Waals surface area contributed by atoms with E-state index in [4.69, 9.17) is 4.74 Å². The summed E-state index contributed by atoms with van der Waals surface area (Å²) in [6.45, 7) is 6.91. The molecule has 20 heavy (non-hydrogen) atoms. The fourth-order valence-electron chi connectivity index (χ4n) is 2.43. The van der Waals surface area contributed by atoms with Gasteiger partial charge in [-0.3, -0.25) is 4.79 Å². The number of benzene rings is 1. The van der Waals surface area contributed by atoms with Gasteiger partial charge >= 0.3 is 0 Å². The summed E-state index contributed by atoms with van der Waals surface area (Å²) in [6.07, 6.45) is 1.72. The van der Waals surface area contributed by atoms with E-state index >= 15 is 0 Å². The highest BCUT2D eigenvalue weighted by molar-refractivity contribution is 5.76. The van der Waals surface area contributed by atoms with Crippen LogP contribution in [-0.2, 0) is 4.79 Å². The van der Waals surface area contributed by atoms with Crippen molar-refractivity contribution in [3.8, 4) is 5.75 Å². The lowest BCUT2D eigenvalue weighted by molar-refractivity contribution is -0.122. The quantitative estimate of drug-likeness (QED) is 0.868. The number of ether oxygens (including phenoxy) is 1. The third-order valence-electron chi connectivity index (χ3n) is 3.50. The summed E-state index contributed by atoms with van der Waals surface area (Å²) >= 11 is 0. The number of nitrogens with one attached hydrogen (secondary N) is 2. The third-order valence-corrected chi connectivity index (χ3v) is 3.50. The van der Waals surface area contributed by atoms with Crippen molar-refractivity contribution >= 4 is 5.91 Å². The van der Waals surface area contributed by atoms with Crippen molar-refractivity contribution in [2.45, 2.75) is 51.8 Å². The van der Waals surface area contributed by atoms with Crippen molar-refractivity contribution in [3.05, 3.63) is 29.8 Å².